The maximum atomic E-state index is 4.97. The molecule has 3 fully saturated rings. The molecule has 2 N–H and O–H groups in total. The van der Waals surface area contributed by atoms with Gasteiger partial charge < -0.3 is 15.5 Å². The fraction of sp³-hybridized carbons (Fsp3) is 0.950. The molecule has 0 amide bonds. The van der Waals surface area contributed by atoms with Crippen molar-refractivity contribution in [3.63, 3.8) is 0 Å². The first-order chi connectivity index (χ1) is 11.6. The van der Waals surface area contributed by atoms with Crippen LogP contribution in [0.4, 0.5) is 0 Å². The van der Waals surface area contributed by atoms with Crippen LogP contribution in [0, 0.1) is 17.3 Å². The van der Waals surface area contributed by atoms with Crippen LogP contribution >= 0.6 is 0 Å². The molecule has 3 aliphatic rings. The van der Waals surface area contributed by atoms with E-state index in [1.54, 1.807) is 0 Å². The number of guanidine groups is 1. The molecule has 1 unspecified atom stereocenters. The normalized spacial score (nSPS) is 27.3. The van der Waals surface area contributed by atoms with Gasteiger partial charge in [-0.25, -0.2) is 0 Å². The zero-order chi connectivity index (χ0) is 17.0. The molecule has 0 bridgehead atoms. The number of likely N-dealkylation sites (tertiary alicyclic amines) is 1. The summed E-state index contributed by atoms with van der Waals surface area (Å²) in [4.78, 5) is 7.67. The SMILES string of the molecule is CCNC(=NCC1(CC(C)C)CCC1)NCC1CCN(C2CC2)C1. The quantitative estimate of drug-likeness (QED) is 0.529. The van der Waals surface area contributed by atoms with Gasteiger partial charge in [0, 0.05) is 32.2 Å². The standard InChI is InChI=1S/C20H38N4/c1-4-21-19(23-15-20(9-5-10-20)12-16(2)3)22-13-17-8-11-24(14-17)18-6-7-18/h16-18H,4-15H2,1-3H3,(H2,21,22,23). The third kappa shape index (κ3) is 4.87. The van der Waals surface area contributed by atoms with Crippen LogP contribution in [0.15, 0.2) is 4.99 Å². The summed E-state index contributed by atoms with van der Waals surface area (Å²) in [5, 5.41) is 7.08. The van der Waals surface area contributed by atoms with E-state index in [0.29, 0.717) is 5.41 Å². The second kappa shape index (κ2) is 8.07. The van der Waals surface area contributed by atoms with Crippen LogP contribution in [0.5, 0.6) is 0 Å². The molecule has 0 spiro atoms. The lowest BCUT2D eigenvalue weighted by molar-refractivity contribution is 0.111. The van der Waals surface area contributed by atoms with Crippen LogP contribution < -0.4 is 10.6 Å². The maximum Gasteiger partial charge on any atom is 0.191 e. The number of nitrogens with zero attached hydrogens (tertiary/aromatic N) is 2. The van der Waals surface area contributed by atoms with E-state index in [1.807, 2.05) is 0 Å². The summed E-state index contributed by atoms with van der Waals surface area (Å²) < 4.78 is 0. The third-order valence-electron chi connectivity index (χ3n) is 6.11. The van der Waals surface area contributed by atoms with Crippen molar-refractivity contribution in [1.82, 2.24) is 15.5 Å². The van der Waals surface area contributed by atoms with Gasteiger partial charge in [-0.3, -0.25) is 4.99 Å². The van der Waals surface area contributed by atoms with E-state index in [2.05, 4.69) is 36.3 Å². The van der Waals surface area contributed by atoms with Crippen LogP contribution in [-0.4, -0.2) is 49.6 Å². The molecule has 0 radical (unpaired) electrons. The first-order valence-electron chi connectivity index (χ1n) is 10.4. The summed E-state index contributed by atoms with van der Waals surface area (Å²) >= 11 is 0. The van der Waals surface area contributed by atoms with E-state index in [1.165, 1.54) is 58.0 Å². The third-order valence-corrected chi connectivity index (χ3v) is 6.11. The Morgan fingerprint density at radius 2 is 2.00 bits per heavy atom. The van der Waals surface area contributed by atoms with Crippen molar-refractivity contribution in [2.75, 3.05) is 32.7 Å². The fourth-order valence-corrected chi connectivity index (χ4v) is 4.60. The fourth-order valence-electron chi connectivity index (χ4n) is 4.60. The molecule has 2 saturated carbocycles. The summed E-state index contributed by atoms with van der Waals surface area (Å²) in [5.41, 5.74) is 0.493. The van der Waals surface area contributed by atoms with E-state index in [-0.39, 0.29) is 0 Å². The first-order valence-corrected chi connectivity index (χ1v) is 10.4. The van der Waals surface area contributed by atoms with Crippen molar-refractivity contribution >= 4 is 5.96 Å². The van der Waals surface area contributed by atoms with Gasteiger partial charge in [0.15, 0.2) is 5.96 Å². The second-order valence-electron chi connectivity index (χ2n) is 8.91. The summed E-state index contributed by atoms with van der Waals surface area (Å²) in [6.07, 6.45) is 9.67. The predicted molar refractivity (Wildman–Crippen MR) is 102 cm³/mol. The highest BCUT2D eigenvalue weighted by Gasteiger charge is 2.37. The maximum absolute atomic E-state index is 4.97. The summed E-state index contributed by atoms with van der Waals surface area (Å²) in [7, 11) is 0. The monoisotopic (exact) mass is 334 g/mol. The molecular weight excluding hydrogens is 296 g/mol. The zero-order valence-electron chi connectivity index (χ0n) is 16.1. The smallest absolute Gasteiger partial charge is 0.191 e. The van der Waals surface area contributed by atoms with E-state index in [0.717, 1.165) is 43.5 Å². The minimum absolute atomic E-state index is 0.493. The number of nitrogens with one attached hydrogen (secondary N) is 2. The first kappa shape index (κ1) is 18.0. The molecule has 4 heteroatoms. The average molecular weight is 335 g/mol. The Balaban J connectivity index is 1.46. The molecule has 24 heavy (non-hydrogen) atoms. The number of hydrogen-bond donors (Lipinski definition) is 2. The number of hydrogen-bond acceptors (Lipinski definition) is 2. The topological polar surface area (TPSA) is 39.7 Å². The molecule has 138 valence electrons. The van der Waals surface area contributed by atoms with Gasteiger partial charge in [-0.15, -0.1) is 0 Å². The van der Waals surface area contributed by atoms with Gasteiger partial charge in [-0.2, -0.15) is 0 Å². The van der Waals surface area contributed by atoms with Gasteiger partial charge in [0.25, 0.3) is 0 Å². The highest BCUT2D eigenvalue weighted by atomic mass is 15.2. The second-order valence-corrected chi connectivity index (χ2v) is 8.91. The van der Waals surface area contributed by atoms with Crippen molar-refractivity contribution < 1.29 is 0 Å². The molecule has 1 atom stereocenters. The predicted octanol–water partition coefficient (Wildman–Crippen LogP) is 3.24. The van der Waals surface area contributed by atoms with Gasteiger partial charge in [0.1, 0.15) is 0 Å². The van der Waals surface area contributed by atoms with Crippen LogP contribution in [0.2, 0.25) is 0 Å². The molecule has 2 aliphatic carbocycles. The molecule has 3 rings (SSSR count). The molecule has 4 nitrogen and oxygen atoms in total. The van der Waals surface area contributed by atoms with Gasteiger partial charge in [0.2, 0.25) is 0 Å². The Kier molecular flexibility index (Phi) is 6.07. The van der Waals surface area contributed by atoms with E-state index in [4.69, 9.17) is 4.99 Å². The molecule has 0 aromatic carbocycles. The van der Waals surface area contributed by atoms with Crippen LogP contribution in [0.1, 0.15) is 65.7 Å². The highest BCUT2D eigenvalue weighted by molar-refractivity contribution is 5.79. The average Bonchev–Trinajstić information content (AvgIpc) is 3.25. The summed E-state index contributed by atoms with van der Waals surface area (Å²) in [6, 6.07) is 0.923. The summed E-state index contributed by atoms with van der Waals surface area (Å²) in [5.74, 6) is 2.61. The van der Waals surface area contributed by atoms with Crippen molar-refractivity contribution in [2.45, 2.75) is 71.8 Å². The number of rotatable bonds is 8. The zero-order valence-corrected chi connectivity index (χ0v) is 16.1. The van der Waals surface area contributed by atoms with Crippen molar-refractivity contribution in [1.29, 1.82) is 0 Å². The summed E-state index contributed by atoms with van der Waals surface area (Å²) in [6.45, 7) is 12.5. The Bertz CT molecular complexity index is 423. The molecule has 1 saturated heterocycles. The molecular formula is C20H38N4. The molecule has 0 aromatic heterocycles. The van der Waals surface area contributed by atoms with Crippen molar-refractivity contribution in [2.24, 2.45) is 22.2 Å². The number of aliphatic imine (C=N–C) groups is 1. The van der Waals surface area contributed by atoms with Gasteiger partial charge in [0.05, 0.1) is 0 Å². The largest absolute Gasteiger partial charge is 0.357 e. The lowest BCUT2D eigenvalue weighted by Gasteiger charge is -2.42. The van der Waals surface area contributed by atoms with Crippen LogP contribution in [0.3, 0.4) is 0 Å². The highest BCUT2D eigenvalue weighted by Crippen LogP contribution is 2.46. The Morgan fingerprint density at radius 1 is 1.21 bits per heavy atom. The van der Waals surface area contributed by atoms with Crippen LogP contribution in [-0.2, 0) is 0 Å². The molecule has 1 aliphatic heterocycles. The lowest BCUT2D eigenvalue weighted by Crippen LogP contribution is -2.42. The minimum atomic E-state index is 0.493. The Morgan fingerprint density at radius 3 is 2.58 bits per heavy atom. The lowest BCUT2D eigenvalue weighted by atomic mass is 9.64. The van der Waals surface area contributed by atoms with E-state index in [9.17, 15) is 0 Å². The minimum Gasteiger partial charge on any atom is -0.357 e. The van der Waals surface area contributed by atoms with E-state index < -0.39 is 0 Å². The molecule has 1 heterocycles. The van der Waals surface area contributed by atoms with Gasteiger partial charge in [-0.1, -0.05) is 20.3 Å². The van der Waals surface area contributed by atoms with Gasteiger partial charge in [-0.05, 0) is 69.2 Å². The Hall–Kier alpha value is -0.770. The molecule has 0 aromatic rings. The van der Waals surface area contributed by atoms with Crippen molar-refractivity contribution in [3.05, 3.63) is 0 Å². The van der Waals surface area contributed by atoms with Crippen LogP contribution in [0.25, 0.3) is 0 Å². The Labute approximate surface area is 148 Å². The van der Waals surface area contributed by atoms with Gasteiger partial charge >= 0.3 is 0 Å². The van der Waals surface area contributed by atoms with E-state index >= 15 is 0 Å². The van der Waals surface area contributed by atoms with Crippen molar-refractivity contribution in [3.8, 4) is 0 Å².